The Kier molecular flexibility index (Phi) is 13.1. The molecule has 0 saturated heterocycles. The first kappa shape index (κ1) is 34.9. The zero-order chi connectivity index (χ0) is 30.9. The van der Waals surface area contributed by atoms with E-state index in [0.29, 0.717) is 5.56 Å². The quantitative estimate of drug-likeness (QED) is 0.265. The highest BCUT2D eigenvalue weighted by atomic mass is 16.7. The molecule has 1 rings (SSSR count). The van der Waals surface area contributed by atoms with Crippen molar-refractivity contribution in [3.63, 3.8) is 0 Å². The van der Waals surface area contributed by atoms with Crippen LogP contribution in [0.2, 0.25) is 0 Å². The molecule has 0 radical (unpaired) electrons. The van der Waals surface area contributed by atoms with E-state index in [2.05, 4.69) is 0 Å². The molecule has 1 aromatic rings. The number of nitrogens with two attached hydrogens (primary N) is 1. The molecule has 1 aromatic carbocycles. The summed E-state index contributed by atoms with van der Waals surface area (Å²) in [6.07, 6.45) is -2.38. The van der Waals surface area contributed by atoms with Crippen LogP contribution in [0.3, 0.4) is 0 Å². The molecule has 0 aliphatic rings. The second-order valence-electron chi connectivity index (χ2n) is 11.9. The molecule has 0 aliphatic carbocycles. The minimum Gasteiger partial charge on any atom is -0.458 e. The maximum atomic E-state index is 12.7. The largest absolute Gasteiger partial charge is 0.509 e. The summed E-state index contributed by atoms with van der Waals surface area (Å²) in [6.45, 7) is 19.4. The van der Waals surface area contributed by atoms with Crippen LogP contribution in [-0.2, 0) is 35.0 Å². The van der Waals surface area contributed by atoms with Crippen molar-refractivity contribution < 1.29 is 42.9 Å². The first-order valence-electron chi connectivity index (χ1n) is 13.7. The minimum atomic E-state index is -1.07. The van der Waals surface area contributed by atoms with Crippen LogP contribution in [0.4, 0.5) is 4.79 Å². The van der Waals surface area contributed by atoms with Crippen molar-refractivity contribution in [3.8, 4) is 11.5 Å². The Morgan fingerprint density at radius 2 is 1.20 bits per heavy atom. The fourth-order valence-electron chi connectivity index (χ4n) is 3.02. The van der Waals surface area contributed by atoms with Crippen molar-refractivity contribution in [2.24, 2.45) is 29.4 Å². The van der Waals surface area contributed by atoms with Gasteiger partial charge < -0.3 is 29.4 Å². The van der Waals surface area contributed by atoms with Crippen LogP contribution in [0.1, 0.15) is 81.7 Å². The number of carbonyl (C=O) groups is 4. The summed E-state index contributed by atoms with van der Waals surface area (Å²) < 4.78 is 26.9. The number of esters is 3. The van der Waals surface area contributed by atoms with Crippen LogP contribution < -0.4 is 15.2 Å². The average Bonchev–Trinajstić information content (AvgIpc) is 2.82. The molecule has 0 spiro atoms. The maximum absolute atomic E-state index is 12.7. The van der Waals surface area contributed by atoms with Crippen molar-refractivity contribution in [1.29, 1.82) is 0 Å². The zero-order valence-corrected chi connectivity index (χ0v) is 25.7. The first-order chi connectivity index (χ1) is 18.3. The molecule has 0 heterocycles. The Labute approximate surface area is 238 Å². The van der Waals surface area contributed by atoms with Gasteiger partial charge in [-0.25, -0.2) is 4.79 Å². The number of hydrogen-bond donors (Lipinski definition) is 1. The lowest BCUT2D eigenvalue weighted by atomic mass is 9.98. The third-order valence-corrected chi connectivity index (χ3v) is 6.57. The molecule has 40 heavy (non-hydrogen) atoms. The van der Waals surface area contributed by atoms with Gasteiger partial charge in [0.2, 0.25) is 0 Å². The van der Waals surface area contributed by atoms with Gasteiger partial charge in [0.1, 0.15) is 23.9 Å². The summed E-state index contributed by atoms with van der Waals surface area (Å²) >= 11 is 0. The van der Waals surface area contributed by atoms with E-state index in [0.717, 1.165) is 0 Å². The van der Waals surface area contributed by atoms with E-state index < -0.39 is 53.8 Å². The molecule has 2 N–H and O–H groups in total. The van der Waals surface area contributed by atoms with Gasteiger partial charge in [0.25, 0.3) is 0 Å². The molecule has 0 fully saturated rings. The van der Waals surface area contributed by atoms with Crippen molar-refractivity contribution in [2.75, 3.05) is 0 Å². The summed E-state index contributed by atoms with van der Waals surface area (Å²) in [7, 11) is 0. The summed E-state index contributed by atoms with van der Waals surface area (Å²) in [5.41, 5.74) is 5.95. The van der Waals surface area contributed by atoms with Gasteiger partial charge in [0.05, 0.1) is 11.8 Å². The van der Waals surface area contributed by atoms with Crippen LogP contribution in [0.25, 0.3) is 0 Å². The Bertz CT molecular complexity index is 1030. The second-order valence-corrected chi connectivity index (χ2v) is 11.9. The number of benzene rings is 1. The summed E-state index contributed by atoms with van der Waals surface area (Å²) in [4.78, 5) is 49.9. The predicted molar refractivity (Wildman–Crippen MR) is 150 cm³/mol. The van der Waals surface area contributed by atoms with Gasteiger partial charge in [-0.05, 0) is 70.6 Å². The predicted octanol–water partition coefficient (Wildman–Crippen LogP) is 5.22. The highest BCUT2D eigenvalue weighted by Gasteiger charge is 2.28. The normalized spacial score (nSPS) is 15.4. The molecule has 3 unspecified atom stereocenters. The lowest BCUT2D eigenvalue weighted by Gasteiger charge is -2.24. The van der Waals surface area contributed by atoms with Crippen LogP contribution in [0.5, 0.6) is 11.5 Å². The Morgan fingerprint density at radius 3 is 1.68 bits per heavy atom. The van der Waals surface area contributed by atoms with Crippen LogP contribution in [0.15, 0.2) is 18.2 Å². The Balaban J connectivity index is 3.01. The maximum Gasteiger partial charge on any atom is 0.509 e. The molecule has 5 atom stereocenters. The topological polar surface area (TPSA) is 140 Å². The van der Waals surface area contributed by atoms with E-state index in [1.54, 1.807) is 54.5 Å². The summed E-state index contributed by atoms with van der Waals surface area (Å²) in [6, 6.07) is 3.61. The molecule has 0 saturated carbocycles. The fourth-order valence-corrected chi connectivity index (χ4v) is 3.02. The number of ether oxygens (including phenoxy) is 5. The van der Waals surface area contributed by atoms with E-state index >= 15 is 0 Å². The van der Waals surface area contributed by atoms with Crippen LogP contribution in [-0.4, -0.2) is 47.9 Å². The lowest BCUT2D eigenvalue weighted by Crippen LogP contribution is -2.40. The Hall–Kier alpha value is -3.14. The standard InChI is InChI=1S/C30H47NO9/c1-16(2)18(5)26(32)38-24-13-12-22(15-25(24)39-27(33)19(6)17(3)4)14-23(31)28(34)36-20(7)21(8)37-29(35)40-30(9,10)11/h12-13,15-21,23H,14,31H2,1-11H3/t18?,19?,20-,21?,23-/m0/s1. The molecule has 0 aliphatic heterocycles. The van der Waals surface area contributed by atoms with E-state index in [4.69, 9.17) is 29.4 Å². The molecule has 10 nitrogen and oxygen atoms in total. The number of hydrogen-bond acceptors (Lipinski definition) is 10. The van der Waals surface area contributed by atoms with Crippen molar-refractivity contribution >= 4 is 24.1 Å². The van der Waals surface area contributed by atoms with Gasteiger partial charge in [-0.15, -0.1) is 0 Å². The molecule has 0 aromatic heterocycles. The molecule has 0 bridgehead atoms. The number of carbonyl (C=O) groups excluding carboxylic acids is 4. The van der Waals surface area contributed by atoms with Crippen molar-refractivity contribution in [3.05, 3.63) is 23.8 Å². The molecule has 0 amide bonds. The van der Waals surface area contributed by atoms with E-state index in [9.17, 15) is 19.2 Å². The van der Waals surface area contributed by atoms with Crippen LogP contribution in [0, 0.1) is 23.7 Å². The Morgan fingerprint density at radius 1 is 0.725 bits per heavy atom. The van der Waals surface area contributed by atoms with E-state index in [-0.39, 0.29) is 35.7 Å². The van der Waals surface area contributed by atoms with Gasteiger partial charge in [0, 0.05) is 0 Å². The molecular formula is C30H47NO9. The van der Waals surface area contributed by atoms with Gasteiger partial charge in [0.15, 0.2) is 11.5 Å². The number of rotatable bonds is 12. The van der Waals surface area contributed by atoms with Crippen molar-refractivity contribution in [1.82, 2.24) is 0 Å². The SMILES string of the molecule is CC(C)C(C)C(=O)Oc1ccc(C[C@H](N)C(=O)O[C@@H](C)C(C)OC(=O)OC(C)(C)C)cc1OC(=O)C(C)C(C)C. The van der Waals surface area contributed by atoms with E-state index in [1.807, 2.05) is 27.7 Å². The smallest absolute Gasteiger partial charge is 0.458 e. The minimum absolute atomic E-state index is 0.0366. The van der Waals surface area contributed by atoms with Crippen molar-refractivity contribution in [2.45, 2.75) is 106 Å². The third-order valence-electron chi connectivity index (χ3n) is 6.57. The third kappa shape index (κ3) is 11.5. The first-order valence-corrected chi connectivity index (χ1v) is 13.7. The van der Waals surface area contributed by atoms with Gasteiger partial charge in [-0.2, -0.15) is 0 Å². The van der Waals surface area contributed by atoms with Gasteiger partial charge in [-0.3, -0.25) is 14.4 Å². The van der Waals surface area contributed by atoms with Gasteiger partial charge in [-0.1, -0.05) is 47.6 Å². The lowest BCUT2D eigenvalue weighted by molar-refractivity contribution is -0.156. The van der Waals surface area contributed by atoms with E-state index in [1.165, 1.54) is 12.1 Å². The molecular weight excluding hydrogens is 518 g/mol. The van der Waals surface area contributed by atoms with Gasteiger partial charge >= 0.3 is 24.1 Å². The monoisotopic (exact) mass is 565 g/mol. The summed E-state index contributed by atoms with van der Waals surface area (Å²) in [5, 5.41) is 0. The molecule has 226 valence electrons. The zero-order valence-electron chi connectivity index (χ0n) is 25.7. The molecule has 10 heteroatoms. The summed E-state index contributed by atoms with van der Waals surface area (Å²) in [5.74, 6) is -2.14. The average molecular weight is 566 g/mol. The van der Waals surface area contributed by atoms with Crippen LogP contribution >= 0.6 is 0 Å². The second kappa shape index (κ2) is 15.0. The highest BCUT2D eigenvalue weighted by molar-refractivity contribution is 5.79. The highest BCUT2D eigenvalue weighted by Crippen LogP contribution is 2.31. The fraction of sp³-hybridized carbons (Fsp3) is 0.667.